The van der Waals surface area contributed by atoms with Crippen molar-refractivity contribution in [2.75, 3.05) is 15.1 Å². The molecule has 2 aliphatic carbocycles. The Labute approximate surface area is 817 Å². The molecule has 0 amide bonds. The summed E-state index contributed by atoms with van der Waals surface area (Å²) in [6.45, 7) is 21.3. The van der Waals surface area contributed by atoms with Crippen LogP contribution in [0.15, 0.2) is 409 Å². The standard InChI is InChI=1S/C69H55F2N3Si2.C39H21Br2N.C15H18FNSi.B/c1-75(2,3)50-38-34-48(35-39-50)72(46-30-26-44(70)27-31-46)64-42-60-66(55-19-9-7-16-52(55)64)67-56-20-10-8-17-53(56)65(73(47-32-28-45(71)29-33-47)49-36-40-51(41-37-49)76(4,5)6)43-61(67)69(60)58-22-12-14-25-63(58)74-62-24-13-11-18-54(62)57-21-15-23-59(69)68(57)74;40-32-20-30-36(25-13-3-1-10-22(25)32)37-26-14-4-2-11-23(26)33(41)21-31(37)39(30)28-16-6-8-19-35(28)42-34-18-7-5-12-24(34)27-15-9-17-29(39)38(27)42;1-18(2,3)15-10-8-14(9-11-15)17-13-6-4-12(16)5-7-13;/h7-43H,1-6H3;1-21H;4-11,17H,1-3H3;. The van der Waals surface area contributed by atoms with Gasteiger partial charge >= 0.3 is 0 Å². The first-order chi connectivity index (χ1) is 65.9. The average molecular weight is 1950 g/mol. The third-order valence-corrected chi connectivity index (χ3v) is 36.5. The number of nitrogens with zero attached hydrogens (tertiary/aromatic N) is 4. The summed E-state index contributed by atoms with van der Waals surface area (Å²) in [6.07, 6.45) is 0. The molecule has 0 fully saturated rings. The summed E-state index contributed by atoms with van der Waals surface area (Å²) >= 11 is 8.06. The van der Waals surface area contributed by atoms with E-state index in [2.05, 4.69) is 443 Å². The zero-order chi connectivity index (χ0) is 92.7. The Kier molecular flexibility index (Phi) is 20.9. The molecular weight excluding hydrogens is 1860 g/mol. The van der Waals surface area contributed by atoms with Gasteiger partial charge in [-0.1, -0.05) is 349 Å². The fourth-order valence-electron chi connectivity index (χ4n) is 22.9. The third-order valence-electron chi connectivity index (χ3n) is 29.0. The van der Waals surface area contributed by atoms with E-state index < -0.39 is 35.1 Å². The van der Waals surface area contributed by atoms with E-state index in [-0.39, 0.29) is 25.9 Å². The van der Waals surface area contributed by atoms with Crippen molar-refractivity contribution in [1.29, 1.82) is 0 Å². The summed E-state index contributed by atoms with van der Waals surface area (Å²) in [4.78, 5) is 4.67. The van der Waals surface area contributed by atoms with E-state index in [1.165, 1.54) is 160 Å². The molecule has 3 radical (unpaired) electrons. The van der Waals surface area contributed by atoms with Gasteiger partial charge in [0, 0.05) is 83.8 Å². The SMILES string of the molecule is Brc1cc2c(c3ccccc13)-c1c(cc(Br)c3ccccc13)C21c2ccccc2-n2c3ccccc3c3cccc1c32.C[Si](C)(C)c1ccc(N(c2ccc(F)cc2)c2cc3c(c4ccccc24)-c2c(cc(N(c4ccc(F)cc4)c4ccc([Si](C)(C)C)cc4)c4ccccc24)C32c3ccccc3-n3c4ccccc4c4cccc2c43)cc1.C[Si](C)(C)c1ccc(Nc2ccc(F)cc2)cc1.[B]. The molecule has 22 aromatic rings. The van der Waals surface area contributed by atoms with Gasteiger partial charge in [0.2, 0.25) is 0 Å². The van der Waals surface area contributed by atoms with Crippen LogP contribution in [-0.4, -0.2) is 41.8 Å². The molecule has 661 valence electrons. The minimum atomic E-state index is -1.66. The van der Waals surface area contributed by atoms with Gasteiger partial charge in [0.1, 0.15) is 17.5 Å². The molecule has 0 saturated carbocycles. The number of benzene rings is 20. The fraction of sp³-hybridized carbons (Fsp3) is 0.0894. The maximum Gasteiger partial charge on any atom is 0.123 e. The number of aromatic nitrogens is 2. The molecule has 26 rings (SSSR count). The largest absolute Gasteiger partial charge is 0.356 e. The van der Waals surface area contributed by atoms with Crippen LogP contribution in [0.2, 0.25) is 58.9 Å². The van der Waals surface area contributed by atoms with Crippen molar-refractivity contribution in [3.05, 3.63) is 471 Å². The Balaban J connectivity index is 0.000000143. The Morgan fingerprint density at radius 1 is 0.248 bits per heavy atom. The van der Waals surface area contributed by atoms with E-state index in [0.717, 1.165) is 87.2 Å². The molecule has 2 aliphatic heterocycles. The lowest BCUT2D eigenvalue weighted by molar-refractivity contribution is 0.627. The number of halogens is 5. The van der Waals surface area contributed by atoms with Crippen LogP contribution in [-0.2, 0) is 10.8 Å². The van der Waals surface area contributed by atoms with Crippen molar-refractivity contribution in [3.8, 4) is 33.6 Å². The maximum atomic E-state index is 15.1. The van der Waals surface area contributed by atoms with Crippen LogP contribution in [0, 0.1) is 17.5 Å². The van der Waals surface area contributed by atoms with E-state index in [4.69, 9.17) is 0 Å². The second-order valence-corrected chi connectivity index (χ2v) is 56.6. The number of hydrogen-bond donors (Lipinski definition) is 1. The molecular formula is C123H94BBr2F3N5Si3. The predicted octanol–water partition coefficient (Wildman–Crippen LogP) is 33.1. The molecule has 137 heavy (non-hydrogen) atoms. The highest BCUT2D eigenvalue weighted by molar-refractivity contribution is 9.11. The van der Waals surface area contributed by atoms with Crippen LogP contribution in [0.3, 0.4) is 0 Å². The number of nitrogens with one attached hydrogen (secondary N) is 1. The first-order valence-corrected chi connectivity index (χ1v) is 58.8. The highest BCUT2D eigenvalue weighted by atomic mass is 79.9. The normalized spacial score (nSPS) is 13.2. The van der Waals surface area contributed by atoms with Gasteiger partial charge in [-0.3, -0.25) is 0 Å². The van der Waals surface area contributed by atoms with Crippen LogP contribution >= 0.6 is 31.9 Å². The molecule has 0 saturated heterocycles. The van der Waals surface area contributed by atoms with Crippen molar-refractivity contribution in [2.45, 2.75) is 69.8 Å². The third kappa shape index (κ3) is 13.5. The van der Waals surface area contributed by atoms with Crippen molar-refractivity contribution in [2.24, 2.45) is 0 Å². The van der Waals surface area contributed by atoms with Crippen LogP contribution in [0.25, 0.3) is 120 Å². The fourth-order valence-corrected chi connectivity index (χ4v) is 27.5. The minimum absolute atomic E-state index is 0. The van der Waals surface area contributed by atoms with Gasteiger partial charge in [0.05, 0.1) is 79.9 Å². The first-order valence-electron chi connectivity index (χ1n) is 46.7. The molecule has 20 aromatic carbocycles. The molecule has 4 heterocycles. The van der Waals surface area contributed by atoms with E-state index in [0.29, 0.717) is 0 Å². The minimum Gasteiger partial charge on any atom is -0.356 e. The predicted molar refractivity (Wildman–Crippen MR) is 589 cm³/mol. The maximum absolute atomic E-state index is 15.1. The van der Waals surface area contributed by atoms with Crippen LogP contribution < -0.4 is 30.7 Å². The number of para-hydroxylation sites is 6. The molecule has 0 unspecified atom stereocenters. The lowest BCUT2D eigenvalue weighted by atomic mass is 9.65. The van der Waals surface area contributed by atoms with Gasteiger partial charge < -0.3 is 24.3 Å². The van der Waals surface area contributed by atoms with Crippen molar-refractivity contribution in [3.63, 3.8) is 0 Å². The lowest BCUT2D eigenvalue weighted by Crippen LogP contribution is -2.37. The van der Waals surface area contributed by atoms with E-state index in [1.807, 2.05) is 24.3 Å². The summed E-state index contributed by atoms with van der Waals surface area (Å²) in [7, 11) is -4.55. The lowest BCUT2D eigenvalue weighted by Gasteiger charge is -2.40. The Morgan fingerprint density at radius 2 is 0.504 bits per heavy atom. The van der Waals surface area contributed by atoms with Gasteiger partial charge in [-0.2, -0.15) is 0 Å². The highest BCUT2D eigenvalue weighted by Crippen LogP contribution is 2.68. The zero-order valence-corrected chi connectivity index (χ0v) is 83.5. The zero-order valence-electron chi connectivity index (χ0n) is 77.4. The van der Waals surface area contributed by atoms with Gasteiger partial charge in [-0.15, -0.1) is 0 Å². The average Bonchev–Trinajstić information content (AvgIpc) is 1.49. The van der Waals surface area contributed by atoms with Crippen molar-refractivity contribution in [1.82, 2.24) is 9.13 Å². The topological polar surface area (TPSA) is 28.4 Å². The smallest absolute Gasteiger partial charge is 0.123 e. The monoisotopic (exact) mass is 1950 g/mol. The molecule has 2 spiro atoms. The number of rotatable bonds is 11. The van der Waals surface area contributed by atoms with Gasteiger partial charge in [-0.05, 0) is 257 Å². The van der Waals surface area contributed by atoms with E-state index in [1.54, 1.807) is 36.4 Å². The molecule has 1 N–H and O–H groups in total. The molecule has 4 aliphatic rings. The molecule has 2 aromatic heterocycles. The molecule has 0 bridgehead atoms. The molecule has 5 nitrogen and oxygen atoms in total. The highest BCUT2D eigenvalue weighted by Gasteiger charge is 2.55. The summed E-state index contributed by atoms with van der Waals surface area (Å²) in [5.41, 5.74) is 28.7. The van der Waals surface area contributed by atoms with Crippen LogP contribution in [0.1, 0.15) is 44.5 Å². The number of fused-ring (bicyclic) bond motifs is 32. The first kappa shape index (κ1) is 87.0. The van der Waals surface area contributed by atoms with Gasteiger partial charge in [0.15, 0.2) is 0 Å². The number of hydrogen-bond acceptors (Lipinski definition) is 3. The summed E-state index contributed by atoms with van der Waals surface area (Å²) in [6, 6.07) is 142. The quantitative estimate of drug-likeness (QED) is 0.131. The second-order valence-electron chi connectivity index (χ2n) is 39.7. The Morgan fingerprint density at radius 3 is 0.854 bits per heavy atom. The Bertz CT molecular complexity index is 8410. The Hall–Kier alpha value is -14.1. The molecule has 14 heteroatoms. The van der Waals surface area contributed by atoms with Crippen LogP contribution in [0.4, 0.5) is 58.7 Å². The van der Waals surface area contributed by atoms with Gasteiger partial charge in [-0.25, -0.2) is 13.2 Å². The summed E-state index contributed by atoms with van der Waals surface area (Å²) < 4.78 is 50.2. The van der Waals surface area contributed by atoms with E-state index >= 15 is 8.78 Å². The number of anilines is 8. The van der Waals surface area contributed by atoms with Gasteiger partial charge in [0.25, 0.3) is 0 Å². The van der Waals surface area contributed by atoms with Crippen LogP contribution in [0.5, 0.6) is 0 Å². The summed E-state index contributed by atoms with van der Waals surface area (Å²) in [5.74, 6) is -0.773. The van der Waals surface area contributed by atoms with Crippen molar-refractivity contribution >= 4 is 212 Å². The molecule has 0 atom stereocenters. The van der Waals surface area contributed by atoms with Crippen molar-refractivity contribution < 1.29 is 13.2 Å². The summed E-state index contributed by atoms with van der Waals surface area (Å²) in [5, 5.41) is 21.9. The van der Waals surface area contributed by atoms with E-state index in [9.17, 15) is 4.39 Å². The second kappa shape index (κ2) is 32.9.